The molecule has 2 aromatic carbocycles. The third kappa shape index (κ3) is 4.47. The van der Waals surface area contributed by atoms with E-state index in [-0.39, 0.29) is 0 Å². The lowest BCUT2D eigenvalue weighted by atomic mass is 10.1. The Morgan fingerprint density at radius 3 is 2.35 bits per heavy atom. The number of ether oxygens (including phenoxy) is 2. The van der Waals surface area contributed by atoms with Crippen molar-refractivity contribution in [2.24, 2.45) is 5.10 Å². The number of nitrogens with zero attached hydrogens (tertiary/aromatic N) is 1. The van der Waals surface area contributed by atoms with Crippen molar-refractivity contribution in [3.05, 3.63) is 54.1 Å². The first-order valence-corrected chi connectivity index (χ1v) is 7.02. The monoisotopic (exact) mass is 313 g/mol. The minimum atomic E-state index is -0.406. The molecular weight excluding hydrogens is 294 g/mol. The number of nitrogens with one attached hydrogen (secondary N) is 2. The molecule has 0 fully saturated rings. The molecule has 0 aliphatic heterocycles. The van der Waals surface area contributed by atoms with E-state index in [1.165, 1.54) is 0 Å². The van der Waals surface area contributed by atoms with E-state index in [0.717, 1.165) is 5.56 Å². The minimum absolute atomic E-state index is 0.406. The number of rotatable bonds is 5. The van der Waals surface area contributed by atoms with Crippen LogP contribution >= 0.6 is 0 Å². The topological polar surface area (TPSA) is 72.0 Å². The van der Waals surface area contributed by atoms with Crippen LogP contribution in [-0.2, 0) is 0 Å². The van der Waals surface area contributed by atoms with Gasteiger partial charge in [-0.15, -0.1) is 0 Å². The predicted molar refractivity (Wildman–Crippen MR) is 90.4 cm³/mol. The highest BCUT2D eigenvalue weighted by Gasteiger charge is 2.07. The van der Waals surface area contributed by atoms with Crippen LogP contribution < -0.4 is 20.2 Å². The van der Waals surface area contributed by atoms with Gasteiger partial charge in [0, 0.05) is 11.3 Å². The highest BCUT2D eigenvalue weighted by atomic mass is 16.5. The molecule has 2 N–H and O–H groups in total. The second-order valence-electron chi connectivity index (χ2n) is 4.70. The molecule has 0 radical (unpaired) electrons. The van der Waals surface area contributed by atoms with Gasteiger partial charge < -0.3 is 14.8 Å². The SMILES string of the molecule is COc1ccc(/C(C)=N\NC(=O)Nc2ccccc2)cc1OC. The van der Waals surface area contributed by atoms with E-state index in [2.05, 4.69) is 15.8 Å². The predicted octanol–water partition coefficient (Wildman–Crippen LogP) is 3.25. The number of hydrogen-bond donors (Lipinski definition) is 2. The first kappa shape index (κ1) is 16.4. The Bertz CT molecular complexity index is 699. The van der Waals surface area contributed by atoms with E-state index in [9.17, 15) is 4.79 Å². The summed E-state index contributed by atoms with van der Waals surface area (Å²) in [4.78, 5) is 11.8. The molecular formula is C17H19N3O3. The maximum absolute atomic E-state index is 11.8. The van der Waals surface area contributed by atoms with E-state index in [4.69, 9.17) is 9.47 Å². The number of para-hydroxylation sites is 1. The van der Waals surface area contributed by atoms with Gasteiger partial charge in [-0.1, -0.05) is 18.2 Å². The summed E-state index contributed by atoms with van der Waals surface area (Å²) in [5.74, 6) is 1.24. The second-order valence-corrected chi connectivity index (χ2v) is 4.70. The summed E-state index contributed by atoms with van der Waals surface area (Å²) < 4.78 is 10.4. The molecule has 0 bridgehead atoms. The van der Waals surface area contributed by atoms with Crippen LogP contribution in [0.2, 0.25) is 0 Å². The standard InChI is InChI=1S/C17H19N3O3/c1-12(13-9-10-15(22-2)16(11-13)23-3)19-20-17(21)18-14-7-5-4-6-8-14/h4-11H,1-3H3,(H2,18,20,21)/b19-12-. The molecule has 23 heavy (non-hydrogen) atoms. The zero-order valence-electron chi connectivity index (χ0n) is 13.3. The maximum Gasteiger partial charge on any atom is 0.339 e. The highest BCUT2D eigenvalue weighted by molar-refractivity contribution is 6.00. The summed E-state index contributed by atoms with van der Waals surface area (Å²) in [5, 5.41) is 6.77. The van der Waals surface area contributed by atoms with Crippen LogP contribution in [0, 0.1) is 0 Å². The van der Waals surface area contributed by atoms with Crippen LogP contribution in [-0.4, -0.2) is 26.0 Å². The van der Waals surface area contributed by atoms with Crippen molar-refractivity contribution in [1.82, 2.24) is 5.43 Å². The van der Waals surface area contributed by atoms with E-state index in [0.29, 0.717) is 22.9 Å². The Kier molecular flexibility index (Phi) is 5.57. The molecule has 0 atom stereocenters. The first-order chi connectivity index (χ1) is 11.1. The van der Waals surface area contributed by atoms with Crippen LogP contribution in [0.1, 0.15) is 12.5 Å². The van der Waals surface area contributed by atoms with Gasteiger partial charge in [-0.2, -0.15) is 5.10 Å². The van der Waals surface area contributed by atoms with Gasteiger partial charge in [0.25, 0.3) is 0 Å². The van der Waals surface area contributed by atoms with Gasteiger partial charge in [-0.05, 0) is 37.3 Å². The molecule has 2 aromatic rings. The van der Waals surface area contributed by atoms with Gasteiger partial charge >= 0.3 is 6.03 Å². The highest BCUT2D eigenvalue weighted by Crippen LogP contribution is 2.27. The lowest BCUT2D eigenvalue weighted by Crippen LogP contribution is -2.25. The number of methoxy groups -OCH3 is 2. The van der Waals surface area contributed by atoms with Crippen molar-refractivity contribution >= 4 is 17.4 Å². The zero-order valence-corrected chi connectivity index (χ0v) is 13.3. The lowest BCUT2D eigenvalue weighted by Gasteiger charge is -2.09. The van der Waals surface area contributed by atoms with Crippen molar-refractivity contribution in [2.75, 3.05) is 19.5 Å². The molecule has 6 heteroatoms. The fourth-order valence-electron chi connectivity index (χ4n) is 1.94. The Labute approximate surface area is 135 Å². The number of urea groups is 1. The maximum atomic E-state index is 11.8. The van der Waals surface area contributed by atoms with Crippen LogP contribution in [0.5, 0.6) is 11.5 Å². The van der Waals surface area contributed by atoms with Gasteiger partial charge in [-0.3, -0.25) is 0 Å². The number of carbonyl (C=O) groups excluding carboxylic acids is 1. The van der Waals surface area contributed by atoms with E-state index < -0.39 is 6.03 Å². The number of benzene rings is 2. The molecule has 2 rings (SSSR count). The van der Waals surface area contributed by atoms with Crippen molar-refractivity contribution in [3.63, 3.8) is 0 Å². The molecule has 120 valence electrons. The van der Waals surface area contributed by atoms with Crippen molar-refractivity contribution in [3.8, 4) is 11.5 Å². The molecule has 0 aliphatic carbocycles. The van der Waals surface area contributed by atoms with Gasteiger partial charge in [0.2, 0.25) is 0 Å². The van der Waals surface area contributed by atoms with Crippen LogP contribution in [0.25, 0.3) is 0 Å². The van der Waals surface area contributed by atoms with E-state index >= 15 is 0 Å². The Morgan fingerprint density at radius 1 is 1.00 bits per heavy atom. The molecule has 0 aliphatic rings. The van der Waals surface area contributed by atoms with Crippen LogP contribution in [0.15, 0.2) is 53.6 Å². The Balaban J connectivity index is 2.03. The average molecular weight is 313 g/mol. The van der Waals surface area contributed by atoms with E-state index in [1.54, 1.807) is 45.4 Å². The number of carbonyl (C=O) groups is 1. The summed E-state index contributed by atoms with van der Waals surface area (Å²) in [6, 6.07) is 14.2. The third-order valence-electron chi connectivity index (χ3n) is 3.16. The number of hydrazone groups is 1. The van der Waals surface area contributed by atoms with E-state index in [1.807, 2.05) is 24.3 Å². The zero-order chi connectivity index (χ0) is 16.7. The number of anilines is 1. The molecule has 0 heterocycles. The molecule has 6 nitrogen and oxygen atoms in total. The van der Waals surface area contributed by atoms with Crippen molar-refractivity contribution in [1.29, 1.82) is 0 Å². The van der Waals surface area contributed by atoms with Crippen molar-refractivity contribution in [2.45, 2.75) is 6.92 Å². The summed E-state index contributed by atoms with van der Waals surface area (Å²) >= 11 is 0. The Hall–Kier alpha value is -3.02. The lowest BCUT2D eigenvalue weighted by molar-refractivity contribution is 0.252. The fraction of sp³-hybridized carbons (Fsp3) is 0.176. The molecule has 0 saturated heterocycles. The molecule has 2 amide bonds. The van der Waals surface area contributed by atoms with Crippen LogP contribution in [0.4, 0.5) is 10.5 Å². The summed E-state index contributed by atoms with van der Waals surface area (Å²) in [6.07, 6.45) is 0. The van der Waals surface area contributed by atoms with Gasteiger partial charge in [0.1, 0.15) is 0 Å². The van der Waals surface area contributed by atoms with Crippen LogP contribution in [0.3, 0.4) is 0 Å². The Morgan fingerprint density at radius 2 is 1.70 bits per heavy atom. The number of amides is 2. The smallest absolute Gasteiger partial charge is 0.339 e. The normalized spacial score (nSPS) is 10.8. The molecule has 0 spiro atoms. The summed E-state index contributed by atoms with van der Waals surface area (Å²) in [5.41, 5.74) is 4.63. The molecule has 0 unspecified atom stereocenters. The number of hydrogen-bond acceptors (Lipinski definition) is 4. The molecule has 0 aromatic heterocycles. The summed E-state index contributed by atoms with van der Waals surface area (Å²) in [7, 11) is 3.15. The molecule has 0 saturated carbocycles. The van der Waals surface area contributed by atoms with Crippen molar-refractivity contribution < 1.29 is 14.3 Å². The summed E-state index contributed by atoms with van der Waals surface area (Å²) in [6.45, 7) is 1.80. The van der Waals surface area contributed by atoms with Gasteiger partial charge in [0.15, 0.2) is 11.5 Å². The van der Waals surface area contributed by atoms with Gasteiger partial charge in [-0.25, -0.2) is 10.2 Å². The second kappa shape index (κ2) is 7.84. The fourth-order valence-corrected chi connectivity index (χ4v) is 1.94. The first-order valence-electron chi connectivity index (χ1n) is 7.02. The quantitative estimate of drug-likeness (QED) is 0.657. The minimum Gasteiger partial charge on any atom is -0.493 e. The largest absolute Gasteiger partial charge is 0.493 e. The average Bonchev–Trinajstić information content (AvgIpc) is 2.59. The van der Waals surface area contributed by atoms with Gasteiger partial charge in [0.05, 0.1) is 19.9 Å². The third-order valence-corrected chi connectivity index (χ3v) is 3.16.